The summed E-state index contributed by atoms with van der Waals surface area (Å²) in [6.07, 6.45) is 2.74. The Morgan fingerprint density at radius 1 is 1.47 bits per heavy atom. The summed E-state index contributed by atoms with van der Waals surface area (Å²) in [5.74, 6) is 0.662. The Morgan fingerprint density at radius 2 is 2.32 bits per heavy atom. The molecule has 102 valence electrons. The molecule has 0 saturated carbocycles. The molecule has 1 amide bonds. The molecule has 2 saturated heterocycles. The van der Waals surface area contributed by atoms with Crippen LogP contribution in [0.5, 0.6) is 0 Å². The Hall–Kier alpha value is -1.42. The first-order valence-corrected chi connectivity index (χ1v) is 7.02. The van der Waals surface area contributed by atoms with E-state index >= 15 is 0 Å². The fourth-order valence-corrected chi connectivity index (χ4v) is 3.18. The Kier molecular flexibility index (Phi) is 3.27. The molecule has 0 aromatic carbocycles. The Morgan fingerprint density at radius 3 is 3.11 bits per heavy atom. The summed E-state index contributed by atoms with van der Waals surface area (Å²) in [6.45, 7) is 5.56. The van der Waals surface area contributed by atoms with Crippen molar-refractivity contribution in [2.75, 3.05) is 13.1 Å². The van der Waals surface area contributed by atoms with E-state index in [-0.39, 0.29) is 12.0 Å². The van der Waals surface area contributed by atoms with Gasteiger partial charge in [0.25, 0.3) is 5.91 Å². The molecule has 1 aromatic heterocycles. The molecule has 0 aliphatic carbocycles. The van der Waals surface area contributed by atoms with Crippen LogP contribution in [-0.4, -0.2) is 41.1 Å². The van der Waals surface area contributed by atoms with Gasteiger partial charge in [0.05, 0.1) is 12.2 Å². The topological polar surface area (TPSA) is 42.4 Å². The zero-order chi connectivity index (χ0) is 13.4. The van der Waals surface area contributed by atoms with Crippen LogP contribution in [0.2, 0.25) is 0 Å². The third kappa shape index (κ3) is 2.50. The molecule has 2 aliphatic rings. The molecule has 0 N–H and O–H groups in total. The highest BCUT2D eigenvalue weighted by molar-refractivity contribution is 5.92. The maximum absolute atomic E-state index is 12.4. The van der Waals surface area contributed by atoms with E-state index in [4.69, 9.17) is 4.74 Å². The van der Waals surface area contributed by atoms with Crippen molar-refractivity contribution in [3.63, 3.8) is 0 Å². The number of carbonyl (C=O) groups is 1. The maximum Gasteiger partial charge on any atom is 0.272 e. The molecule has 2 aliphatic heterocycles. The summed E-state index contributed by atoms with van der Waals surface area (Å²) >= 11 is 0. The number of nitrogens with zero attached hydrogens (tertiary/aromatic N) is 2. The Balaban J connectivity index is 1.71. The third-order valence-corrected chi connectivity index (χ3v) is 4.13. The van der Waals surface area contributed by atoms with Gasteiger partial charge in [-0.2, -0.15) is 0 Å². The van der Waals surface area contributed by atoms with Crippen molar-refractivity contribution in [2.24, 2.45) is 5.92 Å². The van der Waals surface area contributed by atoms with Crippen LogP contribution in [-0.2, 0) is 4.74 Å². The average Bonchev–Trinajstić information content (AvgIpc) is 2.76. The molecule has 3 atom stereocenters. The van der Waals surface area contributed by atoms with Gasteiger partial charge in [-0.15, -0.1) is 0 Å². The lowest BCUT2D eigenvalue weighted by molar-refractivity contribution is 0.00138. The third-order valence-electron chi connectivity index (χ3n) is 4.13. The summed E-state index contributed by atoms with van der Waals surface area (Å²) in [5.41, 5.74) is 1.43. The molecule has 3 rings (SSSR count). The second kappa shape index (κ2) is 4.93. The predicted molar refractivity (Wildman–Crippen MR) is 71.9 cm³/mol. The van der Waals surface area contributed by atoms with E-state index in [1.54, 1.807) is 6.07 Å². The fourth-order valence-electron chi connectivity index (χ4n) is 3.18. The number of rotatable bonds is 1. The number of ether oxygens (including phenoxy) is 1. The van der Waals surface area contributed by atoms with Gasteiger partial charge in [0.1, 0.15) is 5.69 Å². The SMILES string of the molecule is Cc1cccc(C(=O)N2CC[C@H]3C[C@@H](C)O[C@@H]3C2)n1. The van der Waals surface area contributed by atoms with Crippen LogP contribution in [0.15, 0.2) is 18.2 Å². The van der Waals surface area contributed by atoms with Crippen LogP contribution >= 0.6 is 0 Å². The Labute approximate surface area is 113 Å². The van der Waals surface area contributed by atoms with Crippen LogP contribution in [0.1, 0.15) is 35.9 Å². The van der Waals surface area contributed by atoms with Crippen molar-refractivity contribution in [1.82, 2.24) is 9.88 Å². The number of aryl methyl sites for hydroxylation is 1. The second-order valence-electron chi connectivity index (χ2n) is 5.68. The zero-order valence-corrected chi connectivity index (χ0v) is 11.5. The van der Waals surface area contributed by atoms with E-state index in [0.717, 1.165) is 25.1 Å². The van der Waals surface area contributed by atoms with Gasteiger partial charge in [0, 0.05) is 18.8 Å². The average molecular weight is 260 g/mol. The van der Waals surface area contributed by atoms with Crippen molar-refractivity contribution in [2.45, 2.75) is 38.9 Å². The summed E-state index contributed by atoms with van der Waals surface area (Å²) in [4.78, 5) is 18.6. The normalized spacial score (nSPS) is 30.2. The zero-order valence-electron chi connectivity index (χ0n) is 11.5. The van der Waals surface area contributed by atoms with E-state index in [1.807, 2.05) is 24.0 Å². The molecule has 4 heteroatoms. The molecule has 19 heavy (non-hydrogen) atoms. The van der Waals surface area contributed by atoms with Gasteiger partial charge in [0.15, 0.2) is 0 Å². The number of aromatic nitrogens is 1. The molecule has 0 radical (unpaired) electrons. The van der Waals surface area contributed by atoms with E-state index in [2.05, 4.69) is 11.9 Å². The minimum absolute atomic E-state index is 0.0327. The van der Waals surface area contributed by atoms with Gasteiger partial charge in [0.2, 0.25) is 0 Å². The lowest BCUT2D eigenvalue weighted by atomic mass is 9.92. The molecule has 0 unspecified atom stereocenters. The summed E-state index contributed by atoms with van der Waals surface area (Å²) in [6, 6.07) is 5.58. The summed E-state index contributed by atoms with van der Waals surface area (Å²) in [5, 5.41) is 0. The first-order chi connectivity index (χ1) is 9.13. The second-order valence-corrected chi connectivity index (χ2v) is 5.68. The quantitative estimate of drug-likeness (QED) is 0.776. The van der Waals surface area contributed by atoms with Crippen LogP contribution < -0.4 is 0 Å². The van der Waals surface area contributed by atoms with Gasteiger partial charge in [-0.25, -0.2) is 4.98 Å². The lowest BCUT2D eigenvalue weighted by Gasteiger charge is -2.33. The standard InChI is InChI=1S/C15H20N2O2/c1-10-4-3-5-13(16-10)15(18)17-7-6-12-8-11(2)19-14(12)9-17/h3-5,11-12,14H,6-9H2,1-2H3/t11-,12+,14-/m1/s1. The van der Waals surface area contributed by atoms with Gasteiger partial charge in [-0.05, 0) is 44.7 Å². The van der Waals surface area contributed by atoms with Crippen molar-refractivity contribution in [3.8, 4) is 0 Å². The van der Waals surface area contributed by atoms with Crippen molar-refractivity contribution in [3.05, 3.63) is 29.6 Å². The Bertz CT molecular complexity index is 489. The van der Waals surface area contributed by atoms with E-state index in [1.165, 1.54) is 0 Å². The van der Waals surface area contributed by atoms with Crippen LogP contribution in [0.25, 0.3) is 0 Å². The first-order valence-electron chi connectivity index (χ1n) is 7.02. The van der Waals surface area contributed by atoms with Gasteiger partial charge in [-0.1, -0.05) is 6.07 Å². The molecule has 4 nitrogen and oxygen atoms in total. The molecule has 2 fully saturated rings. The highest BCUT2D eigenvalue weighted by Gasteiger charge is 2.38. The van der Waals surface area contributed by atoms with Crippen LogP contribution in [0, 0.1) is 12.8 Å². The van der Waals surface area contributed by atoms with Crippen LogP contribution in [0.3, 0.4) is 0 Å². The molecule has 1 aromatic rings. The van der Waals surface area contributed by atoms with Crippen molar-refractivity contribution in [1.29, 1.82) is 0 Å². The molecule has 0 spiro atoms. The van der Waals surface area contributed by atoms with Crippen molar-refractivity contribution >= 4 is 5.91 Å². The first kappa shape index (κ1) is 12.6. The summed E-state index contributed by atoms with van der Waals surface area (Å²) < 4.78 is 5.89. The number of carbonyl (C=O) groups excluding carboxylic acids is 1. The van der Waals surface area contributed by atoms with Gasteiger partial charge in [-0.3, -0.25) is 4.79 Å². The highest BCUT2D eigenvalue weighted by Crippen LogP contribution is 2.33. The lowest BCUT2D eigenvalue weighted by Crippen LogP contribution is -2.45. The van der Waals surface area contributed by atoms with Crippen LogP contribution in [0.4, 0.5) is 0 Å². The largest absolute Gasteiger partial charge is 0.373 e. The number of piperidine rings is 1. The minimum atomic E-state index is 0.0327. The molecular weight excluding hydrogens is 240 g/mol. The maximum atomic E-state index is 12.4. The number of amides is 1. The number of hydrogen-bond donors (Lipinski definition) is 0. The van der Waals surface area contributed by atoms with Gasteiger partial charge >= 0.3 is 0 Å². The smallest absolute Gasteiger partial charge is 0.272 e. The number of hydrogen-bond acceptors (Lipinski definition) is 3. The minimum Gasteiger partial charge on any atom is -0.373 e. The molecule has 0 bridgehead atoms. The number of likely N-dealkylation sites (tertiary alicyclic amines) is 1. The van der Waals surface area contributed by atoms with E-state index in [0.29, 0.717) is 24.3 Å². The number of pyridine rings is 1. The molecule has 3 heterocycles. The predicted octanol–water partition coefficient (Wildman–Crippen LogP) is 2.03. The number of fused-ring (bicyclic) bond motifs is 1. The van der Waals surface area contributed by atoms with E-state index in [9.17, 15) is 4.79 Å². The van der Waals surface area contributed by atoms with E-state index < -0.39 is 0 Å². The van der Waals surface area contributed by atoms with Crippen molar-refractivity contribution < 1.29 is 9.53 Å². The highest BCUT2D eigenvalue weighted by atomic mass is 16.5. The fraction of sp³-hybridized carbons (Fsp3) is 0.600. The molecular formula is C15H20N2O2. The summed E-state index contributed by atoms with van der Waals surface area (Å²) in [7, 11) is 0. The monoisotopic (exact) mass is 260 g/mol. The van der Waals surface area contributed by atoms with Gasteiger partial charge < -0.3 is 9.64 Å².